The quantitative estimate of drug-likeness (QED) is 0.586. The van der Waals surface area contributed by atoms with Crippen LogP contribution in [0.15, 0.2) is 17.4 Å². The summed E-state index contributed by atoms with van der Waals surface area (Å²) in [6, 6.07) is 1.83. The fourth-order valence-electron chi connectivity index (χ4n) is 1.67. The summed E-state index contributed by atoms with van der Waals surface area (Å²) in [5.41, 5.74) is 11.4. The van der Waals surface area contributed by atoms with Crippen LogP contribution in [0, 0.1) is 12.8 Å². The maximum atomic E-state index is 11.4. The monoisotopic (exact) mass is 252 g/mol. The lowest BCUT2D eigenvalue weighted by Crippen LogP contribution is -2.56. The summed E-state index contributed by atoms with van der Waals surface area (Å²) in [4.78, 5) is 19.8. The summed E-state index contributed by atoms with van der Waals surface area (Å²) in [5.74, 6) is 0.230. The van der Waals surface area contributed by atoms with Crippen LogP contribution >= 0.6 is 11.8 Å². The Hall–Kier alpha value is -1.14. The van der Waals surface area contributed by atoms with E-state index in [1.165, 1.54) is 11.8 Å². The normalized spacial score (nSPS) is 18.7. The number of nitrogens with zero attached hydrogens (tertiary/aromatic N) is 2. The molecular weight excluding hydrogens is 236 g/mol. The Labute approximate surface area is 104 Å². The van der Waals surface area contributed by atoms with Gasteiger partial charge < -0.3 is 11.5 Å². The highest BCUT2D eigenvalue weighted by atomic mass is 32.2. The Morgan fingerprint density at radius 1 is 1.65 bits per heavy atom. The van der Waals surface area contributed by atoms with Crippen molar-refractivity contribution in [2.75, 3.05) is 5.75 Å². The van der Waals surface area contributed by atoms with Crippen molar-refractivity contribution in [3.05, 3.63) is 18.0 Å². The standard InChI is InChI=1S/C11H16N4OS/c1-7-4-5-14-10(15-7)17-6-11(13,9(12)16)8-2-3-8/h4-5,8H,2-3,6,13H2,1H3,(H2,12,16). The lowest BCUT2D eigenvalue weighted by atomic mass is 9.96. The molecule has 1 fully saturated rings. The number of rotatable bonds is 5. The van der Waals surface area contributed by atoms with Crippen LogP contribution in [-0.4, -0.2) is 27.2 Å². The van der Waals surface area contributed by atoms with E-state index in [1.807, 2.05) is 13.0 Å². The van der Waals surface area contributed by atoms with Crippen LogP contribution in [-0.2, 0) is 4.79 Å². The van der Waals surface area contributed by atoms with Crippen LogP contribution in [0.4, 0.5) is 0 Å². The first-order chi connectivity index (χ1) is 8.02. The zero-order chi connectivity index (χ0) is 12.5. The number of aromatic nitrogens is 2. The maximum Gasteiger partial charge on any atom is 0.238 e. The fourth-order valence-corrected chi connectivity index (χ4v) is 2.76. The highest BCUT2D eigenvalue weighted by molar-refractivity contribution is 7.99. The van der Waals surface area contributed by atoms with Gasteiger partial charge in [-0.25, -0.2) is 9.97 Å². The molecule has 1 amide bonds. The van der Waals surface area contributed by atoms with E-state index in [0.717, 1.165) is 18.5 Å². The Morgan fingerprint density at radius 2 is 2.35 bits per heavy atom. The zero-order valence-electron chi connectivity index (χ0n) is 9.72. The van der Waals surface area contributed by atoms with Crippen LogP contribution in [0.2, 0.25) is 0 Å². The second-order valence-corrected chi connectivity index (χ2v) is 5.39. The number of aryl methyl sites for hydroxylation is 1. The average molecular weight is 252 g/mol. The summed E-state index contributed by atoms with van der Waals surface area (Å²) in [6.07, 6.45) is 3.66. The topological polar surface area (TPSA) is 94.9 Å². The van der Waals surface area contributed by atoms with E-state index in [4.69, 9.17) is 11.5 Å². The number of nitrogens with two attached hydrogens (primary N) is 2. The summed E-state index contributed by atoms with van der Waals surface area (Å²) in [5, 5.41) is 0.640. The van der Waals surface area contributed by atoms with Crippen LogP contribution in [0.25, 0.3) is 0 Å². The lowest BCUT2D eigenvalue weighted by molar-refractivity contribution is -0.123. The summed E-state index contributed by atoms with van der Waals surface area (Å²) in [7, 11) is 0. The van der Waals surface area contributed by atoms with E-state index in [2.05, 4.69) is 9.97 Å². The molecule has 1 heterocycles. The van der Waals surface area contributed by atoms with Crippen LogP contribution in [0.5, 0.6) is 0 Å². The number of amides is 1. The molecule has 1 atom stereocenters. The van der Waals surface area contributed by atoms with Crippen LogP contribution < -0.4 is 11.5 Å². The minimum atomic E-state index is -0.919. The van der Waals surface area contributed by atoms with E-state index < -0.39 is 11.4 Å². The molecule has 17 heavy (non-hydrogen) atoms. The molecule has 0 aromatic carbocycles. The van der Waals surface area contributed by atoms with Gasteiger partial charge in [0.2, 0.25) is 5.91 Å². The first kappa shape index (κ1) is 12.3. The van der Waals surface area contributed by atoms with Gasteiger partial charge in [-0.05, 0) is 31.7 Å². The number of thioether (sulfide) groups is 1. The first-order valence-corrected chi connectivity index (χ1v) is 6.52. The Bertz CT molecular complexity index is 435. The minimum Gasteiger partial charge on any atom is -0.368 e. The van der Waals surface area contributed by atoms with Crippen molar-refractivity contribution in [1.29, 1.82) is 0 Å². The lowest BCUT2D eigenvalue weighted by Gasteiger charge is -2.24. The van der Waals surface area contributed by atoms with Gasteiger partial charge in [0.25, 0.3) is 0 Å². The molecule has 0 aliphatic heterocycles. The van der Waals surface area contributed by atoms with Gasteiger partial charge in [-0.3, -0.25) is 4.79 Å². The smallest absolute Gasteiger partial charge is 0.238 e. The van der Waals surface area contributed by atoms with E-state index in [9.17, 15) is 4.79 Å². The SMILES string of the molecule is Cc1ccnc(SCC(N)(C(N)=O)C2CC2)n1. The van der Waals surface area contributed by atoms with Gasteiger partial charge in [0.1, 0.15) is 5.54 Å². The molecule has 4 N–H and O–H groups in total. The zero-order valence-corrected chi connectivity index (χ0v) is 10.5. The number of carbonyl (C=O) groups excluding carboxylic acids is 1. The van der Waals surface area contributed by atoms with Crippen LogP contribution in [0.3, 0.4) is 0 Å². The highest BCUT2D eigenvalue weighted by Crippen LogP contribution is 2.40. The van der Waals surface area contributed by atoms with Gasteiger partial charge in [-0.15, -0.1) is 0 Å². The van der Waals surface area contributed by atoms with Crippen molar-refractivity contribution in [2.24, 2.45) is 17.4 Å². The van der Waals surface area contributed by atoms with Crippen molar-refractivity contribution >= 4 is 17.7 Å². The molecule has 2 rings (SSSR count). The third-order valence-electron chi connectivity index (χ3n) is 2.98. The van der Waals surface area contributed by atoms with Crippen molar-refractivity contribution in [3.8, 4) is 0 Å². The molecule has 0 spiro atoms. The molecule has 1 saturated carbocycles. The molecule has 6 heteroatoms. The molecular formula is C11H16N4OS. The molecule has 0 bridgehead atoms. The predicted octanol–water partition coefficient (Wildman–Crippen LogP) is 0.470. The first-order valence-electron chi connectivity index (χ1n) is 5.53. The predicted molar refractivity (Wildman–Crippen MR) is 66.3 cm³/mol. The number of carbonyl (C=O) groups is 1. The molecule has 1 aliphatic rings. The second-order valence-electron chi connectivity index (χ2n) is 4.45. The van der Waals surface area contributed by atoms with Gasteiger partial charge in [-0.2, -0.15) is 0 Å². The van der Waals surface area contributed by atoms with Gasteiger partial charge in [0.05, 0.1) is 0 Å². The van der Waals surface area contributed by atoms with Crippen molar-refractivity contribution in [3.63, 3.8) is 0 Å². The molecule has 92 valence electrons. The maximum absolute atomic E-state index is 11.4. The van der Waals surface area contributed by atoms with Gasteiger partial charge in [0.15, 0.2) is 5.16 Å². The Morgan fingerprint density at radius 3 is 2.88 bits per heavy atom. The van der Waals surface area contributed by atoms with E-state index in [1.54, 1.807) is 6.20 Å². The van der Waals surface area contributed by atoms with Gasteiger partial charge in [0, 0.05) is 17.6 Å². The summed E-state index contributed by atoms with van der Waals surface area (Å²) >= 11 is 1.39. The second kappa shape index (κ2) is 4.62. The average Bonchev–Trinajstić information content (AvgIpc) is 3.09. The largest absolute Gasteiger partial charge is 0.368 e. The number of primary amides is 1. The molecule has 1 aromatic rings. The minimum absolute atomic E-state index is 0.220. The third kappa shape index (κ3) is 2.76. The van der Waals surface area contributed by atoms with Crippen molar-refractivity contribution < 1.29 is 4.79 Å². The third-order valence-corrected chi connectivity index (χ3v) is 4.05. The molecule has 1 aromatic heterocycles. The Kier molecular flexibility index (Phi) is 3.35. The molecule has 0 radical (unpaired) electrons. The van der Waals surface area contributed by atoms with E-state index >= 15 is 0 Å². The molecule has 1 aliphatic carbocycles. The number of hydrogen-bond donors (Lipinski definition) is 2. The fraction of sp³-hybridized carbons (Fsp3) is 0.545. The summed E-state index contributed by atoms with van der Waals surface area (Å²) < 4.78 is 0. The van der Waals surface area contributed by atoms with E-state index in [-0.39, 0.29) is 5.92 Å². The van der Waals surface area contributed by atoms with Crippen molar-refractivity contribution in [2.45, 2.75) is 30.5 Å². The van der Waals surface area contributed by atoms with Crippen molar-refractivity contribution in [1.82, 2.24) is 9.97 Å². The Balaban J connectivity index is 2.03. The molecule has 0 saturated heterocycles. The molecule has 5 nitrogen and oxygen atoms in total. The van der Waals surface area contributed by atoms with E-state index in [0.29, 0.717) is 10.9 Å². The summed E-state index contributed by atoms with van der Waals surface area (Å²) in [6.45, 7) is 1.90. The highest BCUT2D eigenvalue weighted by Gasteiger charge is 2.46. The molecule has 1 unspecified atom stereocenters. The van der Waals surface area contributed by atoms with Gasteiger partial charge in [-0.1, -0.05) is 11.8 Å². The van der Waals surface area contributed by atoms with Crippen LogP contribution in [0.1, 0.15) is 18.5 Å². The van der Waals surface area contributed by atoms with Gasteiger partial charge >= 0.3 is 0 Å². The number of hydrogen-bond acceptors (Lipinski definition) is 5.